The number of ether oxygens (including phenoxy) is 2. The van der Waals surface area contributed by atoms with Gasteiger partial charge in [-0.2, -0.15) is 5.10 Å². The van der Waals surface area contributed by atoms with Gasteiger partial charge in [-0.3, -0.25) is 14.9 Å². The highest BCUT2D eigenvalue weighted by Gasteiger charge is 2.20. The number of hydrogen-bond acceptors (Lipinski definition) is 7. The van der Waals surface area contributed by atoms with Gasteiger partial charge >= 0.3 is 11.6 Å². The highest BCUT2D eigenvalue weighted by molar-refractivity contribution is 6.32. The predicted molar refractivity (Wildman–Crippen MR) is 147 cm³/mol. The van der Waals surface area contributed by atoms with Crippen LogP contribution in [0, 0.1) is 24.0 Å². The quantitative estimate of drug-likeness (QED) is 0.104. The average molecular weight is 549 g/mol. The minimum Gasteiger partial charge on any atom is -0.486 e. The topological polar surface area (TPSA) is 121 Å². The Bertz CT molecular complexity index is 1520. The number of aromatic nitrogens is 1. The number of nitro benzene ring substituents is 1. The first-order valence-electron chi connectivity index (χ1n) is 11.8. The summed E-state index contributed by atoms with van der Waals surface area (Å²) in [5, 5.41) is 15.3. The zero-order valence-electron chi connectivity index (χ0n) is 21.2. The molecular weight excluding hydrogens is 524 g/mol. The summed E-state index contributed by atoms with van der Waals surface area (Å²) in [6, 6.07) is 17.6. The summed E-state index contributed by atoms with van der Waals surface area (Å²) < 4.78 is 18.8. The van der Waals surface area contributed by atoms with Crippen LogP contribution in [0.25, 0.3) is 5.69 Å². The van der Waals surface area contributed by atoms with E-state index in [2.05, 4.69) is 33.8 Å². The van der Waals surface area contributed by atoms with Gasteiger partial charge in [-0.15, -0.1) is 0 Å². The van der Waals surface area contributed by atoms with E-state index >= 15 is 0 Å². The number of benzene rings is 2. The lowest BCUT2D eigenvalue weighted by molar-refractivity contribution is -0.385. The van der Waals surface area contributed by atoms with E-state index in [9.17, 15) is 14.9 Å². The van der Waals surface area contributed by atoms with Gasteiger partial charge in [-0.1, -0.05) is 24.3 Å². The Labute approximate surface area is 229 Å². The molecule has 1 amide bonds. The van der Waals surface area contributed by atoms with Crippen molar-refractivity contribution in [1.82, 2.24) is 9.99 Å². The molecule has 11 heteroatoms. The average Bonchev–Trinajstić information content (AvgIpc) is 3.53. The molecule has 0 saturated carbocycles. The number of furan rings is 1. The van der Waals surface area contributed by atoms with Crippen molar-refractivity contribution in [2.75, 3.05) is 6.61 Å². The van der Waals surface area contributed by atoms with Crippen LogP contribution in [0.3, 0.4) is 0 Å². The van der Waals surface area contributed by atoms with E-state index in [0.29, 0.717) is 17.1 Å². The molecule has 0 fully saturated rings. The van der Waals surface area contributed by atoms with Crippen LogP contribution in [-0.4, -0.2) is 28.2 Å². The number of nitro groups is 1. The first kappa shape index (κ1) is 27.2. The van der Waals surface area contributed by atoms with Gasteiger partial charge in [0.1, 0.15) is 24.7 Å². The maximum atomic E-state index is 12.4. The molecule has 200 valence electrons. The van der Waals surface area contributed by atoms with Crippen molar-refractivity contribution < 1.29 is 23.6 Å². The van der Waals surface area contributed by atoms with Crippen molar-refractivity contribution in [3.63, 3.8) is 0 Å². The van der Waals surface area contributed by atoms with Crippen molar-refractivity contribution in [3.05, 3.63) is 117 Å². The number of amides is 1. The fourth-order valence-electron chi connectivity index (χ4n) is 3.81. The molecule has 2 aromatic carbocycles. The number of rotatable bonds is 11. The zero-order valence-corrected chi connectivity index (χ0v) is 22.0. The molecule has 10 nitrogen and oxygen atoms in total. The Hall–Kier alpha value is -4.83. The van der Waals surface area contributed by atoms with Crippen LogP contribution in [0.1, 0.15) is 33.3 Å². The molecule has 39 heavy (non-hydrogen) atoms. The standard InChI is InChI=1S/C28H25ClN4O6/c1-4-13-37-27-24(29)14-20(15-25(27)33(35)36)16-30-31-28(34)26-12-11-23(39-26)17-38-22-9-7-21(8-10-22)32-18(2)5-6-19(32)3/h4-12,14-16H,1,13,17H2,2-3H3,(H,31,34)/b30-16+. The second-order valence-electron chi connectivity index (χ2n) is 8.41. The fourth-order valence-corrected chi connectivity index (χ4v) is 4.09. The molecule has 4 aromatic rings. The molecule has 0 radical (unpaired) electrons. The normalized spacial score (nSPS) is 10.9. The first-order chi connectivity index (χ1) is 18.8. The number of hydrogen-bond donors (Lipinski definition) is 1. The Kier molecular flexibility index (Phi) is 8.47. The minimum absolute atomic E-state index is 0.0249. The van der Waals surface area contributed by atoms with Crippen molar-refractivity contribution in [3.8, 4) is 17.2 Å². The lowest BCUT2D eigenvalue weighted by atomic mass is 10.2. The maximum absolute atomic E-state index is 12.4. The van der Waals surface area contributed by atoms with Gasteiger partial charge in [0, 0.05) is 28.7 Å². The first-order valence-corrected chi connectivity index (χ1v) is 12.2. The van der Waals surface area contributed by atoms with E-state index in [-0.39, 0.29) is 35.4 Å². The molecule has 0 unspecified atom stereocenters. The second kappa shape index (κ2) is 12.1. The molecule has 2 heterocycles. The zero-order chi connectivity index (χ0) is 27.9. The molecule has 4 rings (SSSR count). The summed E-state index contributed by atoms with van der Waals surface area (Å²) in [4.78, 5) is 23.2. The number of carbonyl (C=O) groups excluding carboxylic acids is 1. The number of aryl methyl sites for hydroxylation is 2. The van der Waals surface area contributed by atoms with Crippen LogP contribution in [0.2, 0.25) is 5.02 Å². The van der Waals surface area contributed by atoms with E-state index in [0.717, 1.165) is 17.1 Å². The summed E-state index contributed by atoms with van der Waals surface area (Å²) in [6.45, 7) is 7.78. The highest BCUT2D eigenvalue weighted by Crippen LogP contribution is 2.35. The van der Waals surface area contributed by atoms with E-state index in [1.807, 2.05) is 38.1 Å². The van der Waals surface area contributed by atoms with Crippen LogP contribution in [0.15, 0.2) is 82.8 Å². The lowest BCUT2D eigenvalue weighted by Gasteiger charge is -2.10. The fraction of sp³-hybridized carbons (Fsp3) is 0.143. The Morgan fingerprint density at radius 3 is 2.51 bits per heavy atom. The van der Waals surface area contributed by atoms with Gasteiger partial charge < -0.3 is 18.5 Å². The number of nitrogens with zero attached hydrogens (tertiary/aromatic N) is 3. The van der Waals surface area contributed by atoms with E-state index in [1.165, 1.54) is 30.5 Å². The largest absolute Gasteiger partial charge is 0.486 e. The number of halogens is 1. The molecule has 0 aliphatic carbocycles. The monoisotopic (exact) mass is 548 g/mol. The summed E-state index contributed by atoms with van der Waals surface area (Å²) in [7, 11) is 0. The Morgan fingerprint density at radius 1 is 1.13 bits per heavy atom. The third-order valence-electron chi connectivity index (χ3n) is 5.60. The molecule has 0 spiro atoms. The van der Waals surface area contributed by atoms with Gasteiger partial charge in [0.2, 0.25) is 5.75 Å². The summed E-state index contributed by atoms with van der Waals surface area (Å²) >= 11 is 6.13. The molecule has 2 aromatic heterocycles. The van der Waals surface area contributed by atoms with Crippen LogP contribution >= 0.6 is 11.6 Å². The second-order valence-corrected chi connectivity index (χ2v) is 8.81. The molecule has 0 bridgehead atoms. The van der Waals surface area contributed by atoms with Crippen LogP contribution in [0.5, 0.6) is 11.5 Å². The molecule has 1 N–H and O–H groups in total. The van der Waals surface area contributed by atoms with E-state index in [4.69, 9.17) is 25.5 Å². The molecule has 0 aliphatic rings. The minimum atomic E-state index is -0.620. The molecular formula is C28H25ClN4O6. The summed E-state index contributed by atoms with van der Waals surface area (Å²) in [5.74, 6) is 0.447. The van der Waals surface area contributed by atoms with Crippen molar-refractivity contribution in [1.29, 1.82) is 0 Å². The van der Waals surface area contributed by atoms with Crippen LogP contribution in [0.4, 0.5) is 5.69 Å². The highest BCUT2D eigenvalue weighted by atomic mass is 35.5. The Morgan fingerprint density at radius 2 is 1.85 bits per heavy atom. The van der Waals surface area contributed by atoms with E-state index in [1.54, 1.807) is 6.07 Å². The Balaban J connectivity index is 1.34. The smallest absolute Gasteiger partial charge is 0.313 e. The van der Waals surface area contributed by atoms with Gasteiger partial charge in [0.15, 0.2) is 5.76 Å². The van der Waals surface area contributed by atoms with Crippen LogP contribution in [-0.2, 0) is 6.61 Å². The van der Waals surface area contributed by atoms with Crippen molar-refractivity contribution >= 4 is 29.4 Å². The molecule has 0 saturated heterocycles. The van der Waals surface area contributed by atoms with Crippen molar-refractivity contribution in [2.24, 2.45) is 5.10 Å². The van der Waals surface area contributed by atoms with Crippen molar-refractivity contribution in [2.45, 2.75) is 20.5 Å². The van der Waals surface area contributed by atoms with Crippen LogP contribution < -0.4 is 14.9 Å². The van der Waals surface area contributed by atoms with Gasteiger partial charge in [-0.25, -0.2) is 5.43 Å². The van der Waals surface area contributed by atoms with Gasteiger partial charge in [0.25, 0.3) is 0 Å². The van der Waals surface area contributed by atoms with E-state index < -0.39 is 10.8 Å². The third-order valence-corrected chi connectivity index (χ3v) is 5.88. The number of carbonyl (C=O) groups is 1. The van der Waals surface area contributed by atoms with Gasteiger partial charge in [0.05, 0.1) is 16.2 Å². The number of hydrazone groups is 1. The summed E-state index contributed by atoms with van der Waals surface area (Å²) in [6.07, 6.45) is 2.67. The predicted octanol–water partition coefficient (Wildman–Crippen LogP) is 6.16. The molecule has 0 aliphatic heterocycles. The molecule has 0 atom stereocenters. The lowest BCUT2D eigenvalue weighted by Crippen LogP contribution is -2.16. The van der Waals surface area contributed by atoms with Gasteiger partial charge in [-0.05, 0) is 68.4 Å². The SMILES string of the molecule is C=CCOc1c(Cl)cc(/C=N/NC(=O)c2ccc(COc3ccc(-n4c(C)ccc4C)cc3)o2)cc1[N+](=O)[O-]. The third kappa shape index (κ3) is 6.55. The summed E-state index contributed by atoms with van der Waals surface area (Å²) in [5.41, 5.74) is 5.59. The number of nitrogens with one attached hydrogen (secondary N) is 1. The maximum Gasteiger partial charge on any atom is 0.313 e.